The van der Waals surface area contributed by atoms with Crippen LogP contribution in [-0.2, 0) is 0 Å². The van der Waals surface area contributed by atoms with E-state index in [2.05, 4.69) is 0 Å². The Labute approximate surface area is 126 Å². The zero-order chi connectivity index (χ0) is 16.3. The highest BCUT2D eigenvalue weighted by Crippen LogP contribution is 2.32. The van der Waals surface area contributed by atoms with Gasteiger partial charge in [0.25, 0.3) is 0 Å². The first-order valence-electron chi connectivity index (χ1n) is 7.18. The average Bonchev–Trinajstić information content (AvgIpc) is 2.46. The Bertz CT molecular complexity index is 487. The Balaban J connectivity index is 1.85. The van der Waals surface area contributed by atoms with Crippen LogP contribution in [0.1, 0.15) is 24.5 Å². The molecule has 1 heterocycles. The molecule has 1 aliphatic heterocycles. The Hall–Kier alpha value is -1.18. The van der Waals surface area contributed by atoms with Crippen LogP contribution < -0.4 is 0 Å². The molecule has 0 spiro atoms. The number of halogens is 4. The first kappa shape index (κ1) is 17.2. The third-order valence-electron chi connectivity index (χ3n) is 4.08. The maximum atomic E-state index is 13.1. The second-order valence-electron chi connectivity index (χ2n) is 5.70. The number of likely N-dealkylation sites (tertiary alicyclic amines) is 1. The Morgan fingerprint density at radius 3 is 2.36 bits per heavy atom. The van der Waals surface area contributed by atoms with Crippen LogP contribution in [0.4, 0.5) is 17.6 Å². The molecule has 0 aromatic heterocycles. The SMILES string of the molecule is OC(CN1CCC(C(O)C(F)(F)F)CC1)c1cccc(F)c1. The Morgan fingerprint density at radius 2 is 1.82 bits per heavy atom. The molecule has 1 aromatic carbocycles. The number of hydrogen-bond acceptors (Lipinski definition) is 3. The van der Waals surface area contributed by atoms with Gasteiger partial charge in [-0.3, -0.25) is 0 Å². The van der Waals surface area contributed by atoms with Crippen LogP contribution in [0.25, 0.3) is 0 Å². The molecular weight excluding hydrogens is 302 g/mol. The van der Waals surface area contributed by atoms with Gasteiger partial charge in [0, 0.05) is 6.54 Å². The monoisotopic (exact) mass is 321 g/mol. The first-order chi connectivity index (χ1) is 10.3. The predicted molar refractivity (Wildman–Crippen MR) is 72.6 cm³/mol. The minimum absolute atomic E-state index is 0.219. The van der Waals surface area contributed by atoms with Crippen LogP contribution in [0, 0.1) is 11.7 Å². The van der Waals surface area contributed by atoms with Gasteiger partial charge in [-0.2, -0.15) is 13.2 Å². The largest absolute Gasteiger partial charge is 0.414 e. The molecule has 7 heteroatoms. The van der Waals surface area contributed by atoms with Crippen molar-refractivity contribution < 1.29 is 27.8 Å². The van der Waals surface area contributed by atoms with Crippen LogP contribution in [0.3, 0.4) is 0 Å². The Kier molecular flexibility index (Phi) is 5.41. The summed E-state index contributed by atoms with van der Waals surface area (Å²) >= 11 is 0. The fourth-order valence-corrected chi connectivity index (χ4v) is 2.78. The van der Waals surface area contributed by atoms with Gasteiger partial charge in [0.2, 0.25) is 0 Å². The summed E-state index contributed by atoms with van der Waals surface area (Å²) < 4.78 is 50.5. The van der Waals surface area contributed by atoms with Gasteiger partial charge >= 0.3 is 6.18 Å². The summed E-state index contributed by atoms with van der Waals surface area (Å²) in [4.78, 5) is 1.83. The zero-order valence-electron chi connectivity index (χ0n) is 11.9. The summed E-state index contributed by atoms with van der Waals surface area (Å²) in [6.07, 6.45) is -7.33. The van der Waals surface area contributed by atoms with E-state index in [4.69, 9.17) is 0 Å². The first-order valence-corrected chi connectivity index (χ1v) is 7.18. The van der Waals surface area contributed by atoms with Gasteiger partial charge in [-0.05, 0) is 49.5 Å². The number of alkyl halides is 3. The van der Waals surface area contributed by atoms with Crippen molar-refractivity contribution in [3.8, 4) is 0 Å². The van der Waals surface area contributed by atoms with Gasteiger partial charge in [-0.25, -0.2) is 4.39 Å². The van der Waals surface area contributed by atoms with E-state index in [0.29, 0.717) is 18.7 Å². The van der Waals surface area contributed by atoms with Crippen LogP contribution in [-0.4, -0.2) is 47.0 Å². The summed E-state index contributed by atoms with van der Waals surface area (Å²) in [5, 5.41) is 19.3. The van der Waals surface area contributed by atoms with E-state index < -0.39 is 30.1 Å². The molecule has 0 aliphatic carbocycles. The molecule has 1 aromatic rings. The molecule has 124 valence electrons. The second-order valence-corrected chi connectivity index (χ2v) is 5.70. The van der Waals surface area contributed by atoms with Crippen molar-refractivity contribution >= 4 is 0 Å². The van der Waals surface area contributed by atoms with Crippen molar-refractivity contribution in [2.24, 2.45) is 5.92 Å². The average molecular weight is 321 g/mol. The van der Waals surface area contributed by atoms with Crippen LogP contribution in [0.15, 0.2) is 24.3 Å². The van der Waals surface area contributed by atoms with Crippen LogP contribution in [0.2, 0.25) is 0 Å². The number of benzene rings is 1. The fourth-order valence-electron chi connectivity index (χ4n) is 2.78. The van der Waals surface area contributed by atoms with E-state index in [9.17, 15) is 27.8 Å². The molecule has 1 aliphatic rings. The molecule has 0 radical (unpaired) electrons. The van der Waals surface area contributed by atoms with Crippen molar-refractivity contribution in [3.05, 3.63) is 35.6 Å². The third-order valence-corrected chi connectivity index (χ3v) is 4.08. The topological polar surface area (TPSA) is 43.7 Å². The van der Waals surface area contributed by atoms with Gasteiger partial charge in [0.1, 0.15) is 5.82 Å². The molecular formula is C15H19F4NO2. The minimum Gasteiger partial charge on any atom is -0.387 e. The molecule has 1 fully saturated rings. The summed E-state index contributed by atoms with van der Waals surface area (Å²) in [6.45, 7) is 0.965. The number of hydrogen-bond donors (Lipinski definition) is 2. The quantitative estimate of drug-likeness (QED) is 0.838. The van der Waals surface area contributed by atoms with E-state index in [0.717, 1.165) is 0 Å². The molecule has 2 rings (SSSR count). The molecule has 0 saturated carbocycles. The van der Waals surface area contributed by atoms with E-state index >= 15 is 0 Å². The molecule has 0 amide bonds. The lowest BCUT2D eigenvalue weighted by atomic mass is 9.90. The molecule has 3 nitrogen and oxygen atoms in total. The van der Waals surface area contributed by atoms with Gasteiger partial charge in [0.15, 0.2) is 6.10 Å². The van der Waals surface area contributed by atoms with E-state index in [1.807, 2.05) is 4.90 Å². The zero-order valence-corrected chi connectivity index (χ0v) is 11.9. The number of β-amino-alcohol motifs (C(OH)–C–C–N with tert-alkyl or cyclic N) is 1. The number of aliphatic hydroxyl groups is 2. The lowest BCUT2D eigenvalue weighted by Crippen LogP contribution is -2.44. The van der Waals surface area contributed by atoms with Gasteiger partial charge in [-0.15, -0.1) is 0 Å². The number of piperidine rings is 1. The number of rotatable bonds is 4. The van der Waals surface area contributed by atoms with E-state index in [1.165, 1.54) is 18.2 Å². The van der Waals surface area contributed by atoms with Crippen LogP contribution >= 0.6 is 0 Å². The molecule has 0 bridgehead atoms. The summed E-state index contributed by atoms with van der Waals surface area (Å²) in [5.74, 6) is -1.24. The normalized spacial score (nSPS) is 20.8. The van der Waals surface area contributed by atoms with Gasteiger partial charge < -0.3 is 15.1 Å². The molecule has 2 N–H and O–H groups in total. The van der Waals surface area contributed by atoms with Crippen molar-refractivity contribution in [1.82, 2.24) is 4.90 Å². The second kappa shape index (κ2) is 6.93. The lowest BCUT2D eigenvalue weighted by Gasteiger charge is -2.35. The highest BCUT2D eigenvalue weighted by molar-refractivity contribution is 5.19. The third kappa shape index (κ3) is 4.41. The standard InChI is InChI=1S/C15H19F4NO2/c16-12-3-1-2-11(8-12)13(21)9-20-6-4-10(5-7-20)14(22)15(17,18)19/h1-3,8,10,13-14,21-22H,4-7,9H2. The van der Waals surface area contributed by atoms with Crippen molar-refractivity contribution in [2.75, 3.05) is 19.6 Å². The predicted octanol–water partition coefficient (Wildman–Crippen LogP) is 2.49. The highest BCUT2D eigenvalue weighted by atomic mass is 19.4. The minimum atomic E-state index is -4.59. The number of aliphatic hydroxyl groups excluding tert-OH is 2. The molecule has 22 heavy (non-hydrogen) atoms. The van der Waals surface area contributed by atoms with Crippen molar-refractivity contribution in [3.63, 3.8) is 0 Å². The highest BCUT2D eigenvalue weighted by Gasteiger charge is 2.44. The molecule has 2 unspecified atom stereocenters. The van der Waals surface area contributed by atoms with Crippen molar-refractivity contribution in [1.29, 1.82) is 0 Å². The number of nitrogens with zero attached hydrogens (tertiary/aromatic N) is 1. The van der Waals surface area contributed by atoms with E-state index in [1.54, 1.807) is 6.07 Å². The maximum absolute atomic E-state index is 13.1. The molecule has 1 saturated heterocycles. The summed E-state index contributed by atoms with van der Waals surface area (Å²) in [5.41, 5.74) is 0.442. The maximum Gasteiger partial charge on any atom is 0.414 e. The molecule has 2 atom stereocenters. The van der Waals surface area contributed by atoms with Gasteiger partial charge in [-0.1, -0.05) is 12.1 Å². The van der Waals surface area contributed by atoms with Crippen LogP contribution in [0.5, 0.6) is 0 Å². The van der Waals surface area contributed by atoms with Crippen molar-refractivity contribution in [2.45, 2.75) is 31.2 Å². The smallest absolute Gasteiger partial charge is 0.387 e. The van der Waals surface area contributed by atoms with E-state index in [-0.39, 0.29) is 19.4 Å². The summed E-state index contributed by atoms with van der Waals surface area (Å²) in [6, 6.07) is 5.62. The lowest BCUT2D eigenvalue weighted by molar-refractivity contribution is -0.223. The van der Waals surface area contributed by atoms with Gasteiger partial charge in [0.05, 0.1) is 6.10 Å². The Morgan fingerprint density at radius 1 is 1.18 bits per heavy atom. The summed E-state index contributed by atoms with van der Waals surface area (Å²) in [7, 11) is 0. The fraction of sp³-hybridized carbons (Fsp3) is 0.600.